The zero-order valence-corrected chi connectivity index (χ0v) is 13.8. The molecule has 3 rings (SSSR count). The standard InChI is InChI=1S/C16H24N4O4/c21-15-8-14(17-12-18-15)7-13-9-19(1-4-24-11-13)10-16(22)20-2-5-23-6-3-20/h8,12-13H,1-7,9-11H2,(H,17,18,21)/t13-/m1/s1. The van der Waals surface area contributed by atoms with E-state index < -0.39 is 0 Å². The normalized spacial score (nSPS) is 23.0. The van der Waals surface area contributed by atoms with Gasteiger partial charge in [-0.2, -0.15) is 0 Å². The fourth-order valence-electron chi connectivity index (χ4n) is 3.14. The minimum atomic E-state index is -0.145. The van der Waals surface area contributed by atoms with Crippen molar-refractivity contribution in [2.45, 2.75) is 6.42 Å². The van der Waals surface area contributed by atoms with Crippen molar-refractivity contribution in [1.82, 2.24) is 19.8 Å². The van der Waals surface area contributed by atoms with E-state index in [1.165, 1.54) is 12.4 Å². The van der Waals surface area contributed by atoms with Crippen molar-refractivity contribution in [2.75, 3.05) is 59.2 Å². The number of carbonyl (C=O) groups excluding carboxylic acids is 1. The molecule has 0 bridgehead atoms. The van der Waals surface area contributed by atoms with Crippen molar-refractivity contribution in [1.29, 1.82) is 0 Å². The van der Waals surface area contributed by atoms with Gasteiger partial charge in [0.05, 0.1) is 39.3 Å². The number of morpholine rings is 1. The Bertz CT molecular complexity index is 600. The predicted octanol–water partition coefficient (Wildman–Crippen LogP) is -0.880. The Morgan fingerprint density at radius 1 is 1.25 bits per heavy atom. The molecule has 2 aliphatic rings. The van der Waals surface area contributed by atoms with Crippen LogP contribution in [0, 0.1) is 5.92 Å². The number of H-pyrrole nitrogens is 1. The number of nitrogens with zero attached hydrogens (tertiary/aromatic N) is 3. The zero-order valence-electron chi connectivity index (χ0n) is 13.8. The van der Waals surface area contributed by atoms with E-state index in [0.29, 0.717) is 52.5 Å². The van der Waals surface area contributed by atoms with Crippen molar-refractivity contribution >= 4 is 5.91 Å². The molecule has 1 aromatic heterocycles. The second-order valence-electron chi connectivity index (χ2n) is 6.28. The van der Waals surface area contributed by atoms with E-state index in [1.54, 1.807) is 0 Å². The average Bonchev–Trinajstić information content (AvgIpc) is 2.80. The van der Waals surface area contributed by atoms with Gasteiger partial charge in [0, 0.05) is 43.9 Å². The smallest absolute Gasteiger partial charge is 0.250 e. The Morgan fingerprint density at radius 2 is 2.04 bits per heavy atom. The number of nitrogens with one attached hydrogen (secondary N) is 1. The maximum absolute atomic E-state index is 12.4. The monoisotopic (exact) mass is 336 g/mol. The molecule has 3 heterocycles. The molecule has 0 radical (unpaired) electrons. The van der Waals surface area contributed by atoms with Crippen LogP contribution in [0.15, 0.2) is 17.2 Å². The second-order valence-corrected chi connectivity index (χ2v) is 6.28. The summed E-state index contributed by atoms with van der Waals surface area (Å²) in [6, 6.07) is 1.52. The Balaban J connectivity index is 1.55. The first-order valence-corrected chi connectivity index (χ1v) is 8.40. The van der Waals surface area contributed by atoms with Crippen LogP contribution in [0.3, 0.4) is 0 Å². The Labute approximate surface area is 140 Å². The third-order valence-corrected chi connectivity index (χ3v) is 4.38. The molecule has 132 valence electrons. The molecule has 0 spiro atoms. The molecule has 2 aliphatic heterocycles. The number of rotatable bonds is 4. The number of aromatic nitrogens is 2. The molecule has 1 amide bonds. The molecule has 0 aliphatic carbocycles. The summed E-state index contributed by atoms with van der Waals surface area (Å²) in [5.74, 6) is 0.368. The molecule has 8 nitrogen and oxygen atoms in total. The van der Waals surface area contributed by atoms with Crippen LogP contribution in [0.4, 0.5) is 0 Å². The maximum Gasteiger partial charge on any atom is 0.250 e. The Hall–Kier alpha value is -1.77. The zero-order chi connectivity index (χ0) is 16.8. The van der Waals surface area contributed by atoms with Gasteiger partial charge in [0.1, 0.15) is 0 Å². The van der Waals surface area contributed by atoms with Gasteiger partial charge in [0.2, 0.25) is 5.91 Å². The third-order valence-electron chi connectivity index (χ3n) is 4.38. The van der Waals surface area contributed by atoms with Crippen LogP contribution in [0.25, 0.3) is 0 Å². The van der Waals surface area contributed by atoms with Crippen LogP contribution in [0.5, 0.6) is 0 Å². The number of ether oxygens (including phenoxy) is 2. The number of aromatic amines is 1. The first-order chi connectivity index (χ1) is 11.7. The lowest BCUT2D eigenvalue weighted by Gasteiger charge is -2.30. The predicted molar refractivity (Wildman–Crippen MR) is 86.7 cm³/mol. The van der Waals surface area contributed by atoms with Crippen LogP contribution in [-0.2, 0) is 20.7 Å². The fourth-order valence-corrected chi connectivity index (χ4v) is 3.14. The van der Waals surface area contributed by atoms with Crippen molar-refractivity contribution in [2.24, 2.45) is 5.92 Å². The van der Waals surface area contributed by atoms with Gasteiger partial charge in [-0.1, -0.05) is 0 Å². The lowest BCUT2D eigenvalue weighted by atomic mass is 10.0. The first kappa shape index (κ1) is 17.1. The molecular weight excluding hydrogens is 312 g/mol. The molecular formula is C16H24N4O4. The molecule has 2 saturated heterocycles. The summed E-state index contributed by atoms with van der Waals surface area (Å²) in [5, 5.41) is 0. The number of hydrogen-bond acceptors (Lipinski definition) is 6. The van der Waals surface area contributed by atoms with Crippen molar-refractivity contribution in [3.05, 3.63) is 28.4 Å². The number of amides is 1. The van der Waals surface area contributed by atoms with Gasteiger partial charge in [0.25, 0.3) is 5.56 Å². The van der Waals surface area contributed by atoms with E-state index in [-0.39, 0.29) is 17.4 Å². The van der Waals surface area contributed by atoms with Crippen LogP contribution in [0.1, 0.15) is 5.69 Å². The minimum absolute atomic E-state index is 0.145. The van der Waals surface area contributed by atoms with E-state index in [4.69, 9.17) is 9.47 Å². The highest BCUT2D eigenvalue weighted by Gasteiger charge is 2.24. The van der Waals surface area contributed by atoms with Crippen molar-refractivity contribution < 1.29 is 14.3 Å². The van der Waals surface area contributed by atoms with Gasteiger partial charge >= 0.3 is 0 Å². The second kappa shape index (κ2) is 8.36. The summed E-state index contributed by atoms with van der Waals surface area (Å²) >= 11 is 0. The molecule has 0 unspecified atom stereocenters. The summed E-state index contributed by atoms with van der Waals surface area (Å²) in [6.07, 6.45) is 2.10. The molecule has 0 aromatic carbocycles. The fraction of sp³-hybridized carbons (Fsp3) is 0.688. The Kier molecular flexibility index (Phi) is 5.95. The van der Waals surface area contributed by atoms with Crippen LogP contribution in [0.2, 0.25) is 0 Å². The molecule has 1 N–H and O–H groups in total. The van der Waals surface area contributed by atoms with Gasteiger partial charge in [-0.15, -0.1) is 0 Å². The minimum Gasteiger partial charge on any atom is -0.380 e. The quantitative estimate of drug-likeness (QED) is 0.768. The molecule has 0 saturated carbocycles. The van der Waals surface area contributed by atoms with Crippen LogP contribution >= 0.6 is 0 Å². The third kappa shape index (κ3) is 4.86. The molecule has 1 atom stereocenters. The SMILES string of the molecule is O=C(CN1CCOC[C@H](Cc2cc(=O)[nH]cn2)C1)N1CCOCC1. The van der Waals surface area contributed by atoms with Crippen LogP contribution < -0.4 is 5.56 Å². The molecule has 1 aromatic rings. The van der Waals surface area contributed by atoms with E-state index >= 15 is 0 Å². The highest BCUT2D eigenvalue weighted by molar-refractivity contribution is 5.78. The summed E-state index contributed by atoms with van der Waals surface area (Å²) in [7, 11) is 0. The van der Waals surface area contributed by atoms with E-state index in [0.717, 1.165) is 18.8 Å². The van der Waals surface area contributed by atoms with Gasteiger partial charge in [-0.05, 0) is 6.42 Å². The van der Waals surface area contributed by atoms with E-state index in [9.17, 15) is 9.59 Å². The largest absolute Gasteiger partial charge is 0.380 e. The first-order valence-electron chi connectivity index (χ1n) is 8.40. The highest BCUT2D eigenvalue weighted by atomic mass is 16.5. The number of hydrogen-bond donors (Lipinski definition) is 1. The van der Waals surface area contributed by atoms with Gasteiger partial charge in [-0.25, -0.2) is 4.98 Å². The van der Waals surface area contributed by atoms with E-state index in [1.807, 2.05) is 4.90 Å². The lowest BCUT2D eigenvalue weighted by Crippen LogP contribution is -2.46. The molecule has 8 heteroatoms. The van der Waals surface area contributed by atoms with Crippen molar-refractivity contribution in [3.8, 4) is 0 Å². The summed E-state index contributed by atoms with van der Waals surface area (Å²) in [6.45, 7) is 5.74. The maximum atomic E-state index is 12.4. The van der Waals surface area contributed by atoms with Gasteiger partial charge in [-0.3, -0.25) is 14.5 Å². The summed E-state index contributed by atoms with van der Waals surface area (Å²) in [4.78, 5) is 34.5. The van der Waals surface area contributed by atoms with E-state index in [2.05, 4.69) is 14.9 Å². The molecule has 2 fully saturated rings. The van der Waals surface area contributed by atoms with Crippen LogP contribution in [-0.4, -0.2) is 84.8 Å². The summed E-state index contributed by atoms with van der Waals surface area (Å²) < 4.78 is 11.0. The Morgan fingerprint density at radius 3 is 2.83 bits per heavy atom. The topological polar surface area (TPSA) is 87.8 Å². The highest BCUT2D eigenvalue weighted by Crippen LogP contribution is 2.12. The lowest BCUT2D eigenvalue weighted by molar-refractivity contribution is -0.136. The summed E-state index contributed by atoms with van der Waals surface area (Å²) in [5.41, 5.74) is 0.614. The van der Waals surface area contributed by atoms with Crippen molar-refractivity contribution in [3.63, 3.8) is 0 Å². The number of carbonyl (C=O) groups is 1. The van der Waals surface area contributed by atoms with Gasteiger partial charge < -0.3 is 19.4 Å². The van der Waals surface area contributed by atoms with Gasteiger partial charge in [0.15, 0.2) is 0 Å². The average molecular weight is 336 g/mol. The molecule has 24 heavy (non-hydrogen) atoms.